The van der Waals surface area contributed by atoms with E-state index in [9.17, 15) is 4.79 Å². The Labute approximate surface area is 145 Å². The lowest BCUT2D eigenvalue weighted by Gasteiger charge is -2.33. The van der Waals surface area contributed by atoms with Gasteiger partial charge in [-0.3, -0.25) is 4.79 Å². The molecule has 1 amide bonds. The smallest absolute Gasteiger partial charge is 0.260 e. The van der Waals surface area contributed by atoms with E-state index in [-0.39, 0.29) is 31.0 Å². The van der Waals surface area contributed by atoms with Crippen LogP contribution in [-0.2, 0) is 4.79 Å². The van der Waals surface area contributed by atoms with Gasteiger partial charge in [0.25, 0.3) is 5.91 Å². The standard InChI is InChI=1S/C13H15Cl3N2O2.ClH/c1-8-6-17-2-3-18(8)13(19)7-20-12-5-10(15)9(14)4-11(12)16;/h4-5,8,17H,2-3,6-7H2,1H3;1H/t8-;/m0./s1. The molecule has 0 aliphatic carbocycles. The molecule has 0 bridgehead atoms. The summed E-state index contributed by atoms with van der Waals surface area (Å²) in [7, 11) is 0. The third-order valence-corrected chi connectivity index (χ3v) is 4.17. The largest absolute Gasteiger partial charge is 0.482 e. The van der Waals surface area contributed by atoms with E-state index in [0.29, 0.717) is 27.4 Å². The zero-order valence-corrected chi connectivity index (χ0v) is 14.5. The predicted molar refractivity (Wildman–Crippen MR) is 88.3 cm³/mol. The van der Waals surface area contributed by atoms with E-state index in [0.717, 1.165) is 13.1 Å². The topological polar surface area (TPSA) is 41.6 Å². The molecule has 1 heterocycles. The maximum absolute atomic E-state index is 12.1. The fraction of sp³-hybridized carbons (Fsp3) is 0.462. The van der Waals surface area contributed by atoms with Crippen LogP contribution in [0.4, 0.5) is 0 Å². The van der Waals surface area contributed by atoms with Crippen molar-refractivity contribution in [2.45, 2.75) is 13.0 Å². The second-order valence-corrected chi connectivity index (χ2v) is 5.85. The minimum Gasteiger partial charge on any atom is -0.482 e. The summed E-state index contributed by atoms with van der Waals surface area (Å²) in [6.45, 7) is 4.19. The first kappa shape index (κ1) is 18.7. The van der Waals surface area contributed by atoms with Crippen molar-refractivity contribution in [3.8, 4) is 5.75 Å². The molecule has 1 aliphatic rings. The van der Waals surface area contributed by atoms with Crippen molar-refractivity contribution in [2.24, 2.45) is 0 Å². The van der Waals surface area contributed by atoms with Crippen LogP contribution in [0.1, 0.15) is 6.92 Å². The average molecular weight is 374 g/mol. The van der Waals surface area contributed by atoms with Gasteiger partial charge in [0.1, 0.15) is 5.75 Å². The Morgan fingerprint density at radius 3 is 2.67 bits per heavy atom. The van der Waals surface area contributed by atoms with Gasteiger partial charge in [-0.1, -0.05) is 34.8 Å². The molecule has 4 nitrogen and oxygen atoms in total. The highest BCUT2D eigenvalue weighted by atomic mass is 35.5. The summed E-state index contributed by atoms with van der Waals surface area (Å²) in [5.41, 5.74) is 0. The quantitative estimate of drug-likeness (QED) is 0.826. The Balaban J connectivity index is 0.00000220. The Bertz CT molecular complexity index is 513. The summed E-state index contributed by atoms with van der Waals surface area (Å²) >= 11 is 17.7. The number of carbonyl (C=O) groups is 1. The number of nitrogens with zero attached hydrogens (tertiary/aromatic N) is 1. The van der Waals surface area contributed by atoms with E-state index in [1.165, 1.54) is 12.1 Å². The van der Waals surface area contributed by atoms with Gasteiger partial charge in [0, 0.05) is 31.7 Å². The molecule has 118 valence electrons. The first-order valence-corrected chi connectivity index (χ1v) is 7.40. The van der Waals surface area contributed by atoms with E-state index >= 15 is 0 Å². The van der Waals surface area contributed by atoms with Gasteiger partial charge in [0.15, 0.2) is 6.61 Å². The van der Waals surface area contributed by atoms with Crippen LogP contribution < -0.4 is 10.1 Å². The summed E-state index contributed by atoms with van der Waals surface area (Å²) in [4.78, 5) is 13.9. The maximum atomic E-state index is 12.1. The van der Waals surface area contributed by atoms with Crippen LogP contribution in [0.25, 0.3) is 0 Å². The minimum absolute atomic E-state index is 0. The molecule has 0 unspecified atom stereocenters. The third-order valence-electron chi connectivity index (χ3n) is 3.15. The van der Waals surface area contributed by atoms with E-state index in [4.69, 9.17) is 39.5 Å². The number of rotatable bonds is 3. The summed E-state index contributed by atoms with van der Waals surface area (Å²) in [6.07, 6.45) is 0. The number of ether oxygens (including phenoxy) is 1. The van der Waals surface area contributed by atoms with Crippen molar-refractivity contribution < 1.29 is 9.53 Å². The van der Waals surface area contributed by atoms with Crippen LogP contribution in [0, 0.1) is 0 Å². The van der Waals surface area contributed by atoms with E-state index in [1.54, 1.807) is 4.90 Å². The van der Waals surface area contributed by atoms with Gasteiger partial charge >= 0.3 is 0 Å². The average Bonchev–Trinajstić information content (AvgIpc) is 2.41. The molecule has 0 radical (unpaired) electrons. The Morgan fingerprint density at radius 1 is 1.33 bits per heavy atom. The van der Waals surface area contributed by atoms with Crippen LogP contribution in [0.5, 0.6) is 5.75 Å². The Hall–Kier alpha value is -0.390. The molecule has 0 spiro atoms. The number of hydrogen-bond donors (Lipinski definition) is 1. The summed E-state index contributed by atoms with van der Waals surface area (Å²) in [5.74, 6) is 0.290. The first-order valence-electron chi connectivity index (χ1n) is 6.26. The SMILES string of the molecule is C[C@H]1CNCCN1C(=O)COc1cc(Cl)c(Cl)cc1Cl.Cl. The highest BCUT2D eigenvalue weighted by molar-refractivity contribution is 6.43. The zero-order chi connectivity index (χ0) is 14.7. The fourth-order valence-corrected chi connectivity index (χ4v) is 2.64. The highest BCUT2D eigenvalue weighted by Gasteiger charge is 2.23. The lowest BCUT2D eigenvalue weighted by Crippen LogP contribution is -2.53. The Kier molecular flexibility index (Phi) is 7.37. The highest BCUT2D eigenvalue weighted by Crippen LogP contribution is 2.33. The third kappa shape index (κ3) is 4.80. The lowest BCUT2D eigenvalue weighted by molar-refractivity contribution is -0.136. The van der Waals surface area contributed by atoms with Crippen molar-refractivity contribution in [2.75, 3.05) is 26.2 Å². The molecule has 1 aliphatic heterocycles. The molecular weight excluding hydrogens is 358 g/mol. The van der Waals surface area contributed by atoms with Gasteiger partial charge in [-0.2, -0.15) is 0 Å². The summed E-state index contributed by atoms with van der Waals surface area (Å²) in [6, 6.07) is 3.17. The van der Waals surface area contributed by atoms with Gasteiger partial charge in [0.2, 0.25) is 0 Å². The van der Waals surface area contributed by atoms with Crippen molar-refractivity contribution >= 4 is 53.1 Å². The number of piperazine rings is 1. The van der Waals surface area contributed by atoms with Gasteiger partial charge < -0.3 is 15.0 Å². The monoisotopic (exact) mass is 372 g/mol. The molecule has 1 atom stereocenters. The van der Waals surface area contributed by atoms with Crippen LogP contribution >= 0.6 is 47.2 Å². The molecule has 1 aromatic carbocycles. The Morgan fingerprint density at radius 2 is 2.00 bits per heavy atom. The number of nitrogens with one attached hydrogen (secondary N) is 1. The molecular formula is C13H16Cl4N2O2. The number of hydrogen-bond acceptors (Lipinski definition) is 3. The van der Waals surface area contributed by atoms with Gasteiger partial charge in [0.05, 0.1) is 15.1 Å². The van der Waals surface area contributed by atoms with E-state index < -0.39 is 0 Å². The van der Waals surface area contributed by atoms with Crippen LogP contribution in [-0.4, -0.2) is 43.1 Å². The first-order chi connectivity index (χ1) is 9.49. The molecule has 8 heteroatoms. The molecule has 1 saturated heterocycles. The normalized spacial score (nSPS) is 18.1. The lowest BCUT2D eigenvalue weighted by atomic mass is 10.2. The van der Waals surface area contributed by atoms with Crippen LogP contribution in [0.2, 0.25) is 15.1 Å². The molecule has 1 N–H and O–H groups in total. The molecule has 0 aromatic heterocycles. The second-order valence-electron chi connectivity index (χ2n) is 4.63. The maximum Gasteiger partial charge on any atom is 0.260 e. The summed E-state index contributed by atoms with van der Waals surface area (Å²) < 4.78 is 5.45. The molecule has 2 rings (SSSR count). The second kappa shape index (κ2) is 8.30. The fourth-order valence-electron chi connectivity index (χ4n) is 2.05. The summed E-state index contributed by atoms with van der Waals surface area (Å²) in [5, 5.41) is 4.26. The van der Waals surface area contributed by atoms with Crippen LogP contribution in [0.15, 0.2) is 12.1 Å². The molecule has 21 heavy (non-hydrogen) atoms. The van der Waals surface area contributed by atoms with Crippen molar-refractivity contribution in [3.63, 3.8) is 0 Å². The zero-order valence-electron chi connectivity index (χ0n) is 11.4. The van der Waals surface area contributed by atoms with Gasteiger partial charge in [-0.15, -0.1) is 12.4 Å². The van der Waals surface area contributed by atoms with Gasteiger partial charge in [-0.05, 0) is 13.0 Å². The van der Waals surface area contributed by atoms with Crippen molar-refractivity contribution in [3.05, 3.63) is 27.2 Å². The van der Waals surface area contributed by atoms with Crippen molar-refractivity contribution in [1.82, 2.24) is 10.2 Å². The molecule has 1 fully saturated rings. The predicted octanol–water partition coefficient (Wildman–Crippen LogP) is 3.27. The number of benzene rings is 1. The van der Waals surface area contributed by atoms with Crippen molar-refractivity contribution in [1.29, 1.82) is 0 Å². The number of amides is 1. The molecule has 0 saturated carbocycles. The number of halogens is 4. The van der Waals surface area contributed by atoms with Crippen LogP contribution in [0.3, 0.4) is 0 Å². The van der Waals surface area contributed by atoms with E-state index in [1.807, 2.05) is 6.92 Å². The number of carbonyl (C=O) groups excluding carboxylic acids is 1. The minimum atomic E-state index is -0.0684. The van der Waals surface area contributed by atoms with E-state index in [2.05, 4.69) is 5.32 Å². The molecule has 1 aromatic rings. The van der Waals surface area contributed by atoms with Gasteiger partial charge in [-0.25, -0.2) is 0 Å².